The van der Waals surface area contributed by atoms with Crippen LogP contribution >= 0.6 is 0 Å². The predicted octanol–water partition coefficient (Wildman–Crippen LogP) is 17.9. The van der Waals surface area contributed by atoms with E-state index < -0.39 is 163 Å². The summed E-state index contributed by atoms with van der Waals surface area (Å²) in [6.07, 6.45) is 5.46. The first-order valence-electron chi connectivity index (χ1n) is 41.5. The van der Waals surface area contributed by atoms with E-state index in [1.807, 2.05) is 97.2 Å². The van der Waals surface area contributed by atoms with Crippen LogP contribution in [0, 0.1) is 20.0 Å². The maximum atomic E-state index is 10.8. The summed E-state index contributed by atoms with van der Waals surface area (Å²) in [5, 5.41) is -2.03. The molecule has 12 aromatic carbocycles. The fourth-order valence-electron chi connectivity index (χ4n) is 12.7. The summed E-state index contributed by atoms with van der Waals surface area (Å²) in [4.78, 5) is 4.87. The number of pyridine rings is 1. The average Bonchev–Trinajstić information content (AvgIpc) is 1.36. The van der Waals surface area contributed by atoms with E-state index in [1.165, 1.54) is 30.3 Å². The molecule has 4 heterocycles. The van der Waals surface area contributed by atoms with Gasteiger partial charge in [0.2, 0.25) is 0 Å². The van der Waals surface area contributed by atoms with Crippen LogP contribution in [0.25, 0.3) is 106 Å². The molecule has 430 valence electrons. The van der Waals surface area contributed by atoms with Crippen LogP contribution in [0.15, 0.2) is 297 Å². The third-order valence-electron chi connectivity index (χ3n) is 16.8. The van der Waals surface area contributed by atoms with E-state index in [1.54, 1.807) is 45.5 Å². The molecule has 0 fully saturated rings. The fraction of sp³-hybridized carbons (Fsp3) is 0.0714. The first kappa shape index (κ1) is 34.0. The van der Waals surface area contributed by atoms with Gasteiger partial charge in [0.05, 0.1) is 59.5 Å². The Labute approximate surface area is 561 Å². The summed E-state index contributed by atoms with van der Waals surface area (Å²) >= 11 is 0. The normalized spacial score (nSPS) is 16.3. The molecule has 16 rings (SSSR count). The molecular weight excluding hydrogens is 1110 g/mol. The first-order chi connectivity index (χ1) is 54.4. The topological polar surface area (TPSA) is 35.9 Å². The summed E-state index contributed by atoms with van der Waals surface area (Å²) in [5.41, 5.74) is 5.48. The van der Waals surface area contributed by atoms with Crippen LogP contribution < -0.4 is 30.1 Å². The minimum Gasteiger partial charge on any atom is -0.458 e. The standard InChI is InChI=1S/C84H64N4OSi/c1-56-24-19-25-57(2)81(56)75-41-22-39-74-76-51-59(58-26-20-35-67(50-58)90(64-29-9-6-10-30-64,65-31-11-7-12-32-65)66-33-13-8-14-34-66)44-46-70(76)68-36-15-16-37-69(68)73-40-23-43-78-83(73)87(82(74)75)55-86(78)61-27-21-28-62(53-61)89-63-45-47-72-71-38-17-18-42-77(71)88(79(72)54-63)80-52-60(48-49-85-80)84(3,4)5/h6-54H,1-5H3/i1D3,2D3,6D,7D,8D,9D,10D,11D,12D,13D,14D,20D,26D,29D,30D,31D,32D,33D,34D,35D,50D. The molecule has 0 saturated carbocycles. The van der Waals surface area contributed by atoms with Gasteiger partial charge in [-0.15, -0.1) is 0 Å². The number of hydrogen-bond acceptors (Lipinski definition) is 2. The van der Waals surface area contributed by atoms with Crippen molar-refractivity contribution in [3.05, 3.63) is 320 Å². The van der Waals surface area contributed by atoms with Crippen molar-refractivity contribution in [1.82, 2.24) is 14.1 Å². The molecule has 15 aromatic rings. The quantitative estimate of drug-likeness (QED) is 0.0592. The molecular formula is C84H64N4OSi. The summed E-state index contributed by atoms with van der Waals surface area (Å²) < 4.78 is 248. The van der Waals surface area contributed by atoms with E-state index >= 15 is 0 Å². The predicted molar refractivity (Wildman–Crippen MR) is 375 cm³/mol. The van der Waals surface area contributed by atoms with E-state index in [0.717, 1.165) is 33.2 Å². The highest BCUT2D eigenvalue weighted by Crippen LogP contribution is 2.47. The van der Waals surface area contributed by atoms with Crippen LogP contribution in [0.5, 0.6) is 11.5 Å². The van der Waals surface area contributed by atoms with Crippen molar-refractivity contribution in [1.29, 1.82) is 0 Å². The second-order valence-electron chi connectivity index (χ2n) is 23.0. The molecule has 5 nitrogen and oxygen atoms in total. The van der Waals surface area contributed by atoms with Gasteiger partial charge in [-0.1, -0.05) is 251 Å². The number of aromatic nitrogens is 4. The summed E-state index contributed by atoms with van der Waals surface area (Å²) in [6.45, 7) is 0.503. The summed E-state index contributed by atoms with van der Waals surface area (Å²) in [6, 6.07) is 31.1. The van der Waals surface area contributed by atoms with Crippen molar-refractivity contribution in [2.75, 3.05) is 0 Å². The lowest BCUT2D eigenvalue weighted by molar-refractivity contribution is -0.570. The highest BCUT2D eigenvalue weighted by molar-refractivity contribution is 7.19. The number of imidazole rings is 1. The van der Waals surface area contributed by atoms with Gasteiger partial charge in [0, 0.05) is 31.3 Å². The summed E-state index contributed by atoms with van der Waals surface area (Å²) in [5.74, 6) is 1.62. The maximum absolute atomic E-state index is 10.8. The number of nitrogens with zero attached hydrogens (tertiary/aromatic N) is 4. The van der Waals surface area contributed by atoms with Crippen molar-refractivity contribution < 1.29 is 43.6 Å². The zero-order chi connectivity index (χ0) is 82.2. The molecule has 0 unspecified atom stereocenters. The van der Waals surface area contributed by atoms with Gasteiger partial charge in [-0.2, -0.15) is 0 Å². The number of para-hydroxylation sites is 3. The smallest absolute Gasteiger partial charge is 0.269 e. The second kappa shape index (κ2) is 21.7. The molecule has 0 spiro atoms. The highest BCUT2D eigenvalue weighted by Gasteiger charge is 2.41. The zero-order valence-corrected chi connectivity index (χ0v) is 49.5. The van der Waals surface area contributed by atoms with Crippen LogP contribution in [0.2, 0.25) is 0 Å². The number of ether oxygens (including phenoxy) is 1. The van der Waals surface area contributed by atoms with Gasteiger partial charge >= 0.3 is 0 Å². The lowest BCUT2D eigenvalue weighted by atomic mass is 9.85. The molecule has 0 radical (unpaired) electrons. The SMILES string of the molecule is [2H]c1c([2H])c([2H])c([Si](c2c([2H])c([2H])c([2H])c([2H])c2[2H])(c2c([2H])c([2H])c([2H])c([2H])c2[2H])c2c([2H])c([2H])c([2H])c(-c3ccc4c(c3)-c3cccc(-c5c(C([2H])([2H])[2H])cccc5C([2H])([2H])[2H])c3-[n+]3[c-]n(-c5cccc(Oc6ccc7c8ccccc8n(-c8cc(C(C)(C)C)ccn8)c7c6)c5)c5cccc(c53)-c3ccccc3-4)c2[2H])c([2H])c1[2H]. The van der Waals surface area contributed by atoms with Crippen molar-refractivity contribution in [2.45, 2.75) is 39.9 Å². The maximum Gasteiger partial charge on any atom is 0.269 e. The first-order valence-corrected chi connectivity index (χ1v) is 31.0. The Morgan fingerprint density at radius 2 is 1.08 bits per heavy atom. The van der Waals surface area contributed by atoms with Gasteiger partial charge < -0.3 is 4.74 Å². The Balaban J connectivity index is 0.992. The fourth-order valence-corrected chi connectivity index (χ4v) is 16.3. The Morgan fingerprint density at radius 3 is 1.81 bits per heavy atom. The Kier molecular flexibility index (Phi) is 8.21. The van der Waals surface area contributed by atoms with E-state index in [4.69, 9.17) is 22.1 Å². The van der Waals surface area contributed by atoms with Gasteiger partial charge in [0.25, 0.3) is 6.33 Å². The van der Waals surface area contributed by atoms with E-state index in [-0.39, 0.29) is 50.0 Å². The largest absolute Gasteiger partial charge is 0.458 e. The summed E-state index contributed by atoms with van der Waals surface area (Å²) in [7, 11) is -6.31. The third-order valence-corrected chi connectivity index (χ3v) is 20.8. The van der Waals surface area contributed by atoms with Gasteiger partial charge in [-0.3, -0.25) is 13.7 Å². The van der Waals surface area contributed by atoms with Crippen molar-refractivity contribution >= 4 is 61.7 Å². The Morgan fingerprint density at radius 1 is 0.478 bits per heavy atom. The van der Waals surface area contributed by atoms with Crippen LogP contribution in [-0.2, 0) is 5.41 Å². The molecule has 6 heteroatoms. The number of rotatable bonds is 10. The van der Waals surface area contributed by atoms with Crippen molar-refractivity contribution in [3.63, 3.8) is 0 Å². The molecule has 0 bridgehead atoms. The number of fused-ring (bicyclic) bond motifs is 10. The third kappa shape index (κ3) is 8.96. The van der Waals surface area contributed by atoms with E-state index in [9.17, 15) is 21.9 Å². The minimum absolute atomic E-state index is 0.0706. The van der Waals surface area contributed by atoms with Gasteiger partial charge in [0.1, 0.15) is 17.3 Å². The highest BCUT2D eigenvalue weighted by atomic mass is 28.3. The molecule has 3 aromatic heterocycles. The van der Waals surface area contributed by atoms with Crippen molar-refractivity contribution in [3.8, 4) is 84.3 Å². The molecule has 0 aliphatic carbocycles. The van der Waals surface area contributed by atoms with Crippen molar-refractivity contribution in [2.24, 2.45) is 0 Å². The number of benzene rings is 12. The van der Waals surface area contributed by atoms with Crippen LogP contribution in [-0.4, -0.2) is 22.2 Å². The number of hydrogen-bond donors (Lipinski definition) is 0. The number of aryl methyl sites for hydroxylation is 2. The molecule has 0 saturated heterocycles. The molecule has 0 N–H and O–H groups in total. The lowest BCUT2D eigenvalue weighted by Crippen LogP contribution is -2.74. The second-order valence-corrected chi connectivity index (χ2v) is 26.5. The lowest BCUT2D eigenvalue weighted by Gasteiger charge is -2.34. The monoisotopic (exact) mass is 1200 g/mol. The molecule has 90 heavy (non-hydrogen) atoms. The molecule has 0 amide bonds. The van der Waals surface area contributed by atoms with Crippen LogP contribution in [0.3, 0.4) is 0 Å². The average molecular weight is 1200 g/mol. The Hall–Kier alpha value is -10.9. The van der Waals surface area contributed by atoms with Gasteiger partial charge in [-0.25, -0.2) is 4.98 Å². The van der Waals surface area contributed by atoms with Crippen LogP contribution in [0.4, 0.5) is 0 Å². The van der Waals surface area contributed by atoms with Gasteiger partial charge in [0.15, 0.2) is 8.07 Å². The zero-order valence-electron chi connectivity index (χ0n) is 73.5. The Bertz CT molecular complexity index is 6450. The van der Waals surface area contributed by atoms with Crippen LogP contribution in [0.1, 0.15) is 71.7 Å². The molecule has 1 aliphatic heterocycles. The minimum atomic E-state index is -6.31. The van der Waals surface area contributed by atoms with E-state index in [0.29, 0.717) is 50.5 Å². The van der Waals surface area contributed by atoms with E-state index in [2.05, 4.69) is 49.9 Å². The van der Waals surface area contributed by atoms with Gasteiger partial charge in [-0.05, 0) is 167 Å². The molecule has 1 aliphatic rings. The molecule has 0 atom stereocenters.